The van der Waals surface area contributed by atoms with Crippen LogP contribution in [0.15, 0.2) is 24.4 Å². The number of halogens is 4. The highest BCUT2D eigenvalue weighted by molar-refractivity contribution is 6.31. The van der Waals surface area contributed by atoms with Crippen LogP contribution in [-0.4, -0.2) is 27.8 Å². The average molecular weight is 347 g/mol. The van der Waals surface area contributed by atoms with E-state index >= 15 is 0 Å². The monoisotopic (exact) mass is 346 g/mol. The number of anilines is 1. The van der Waals surface area contributed by atoms with Crippen LogP contribution in [0.3, 0.4) is 0 Å². The number of hydrogen-bond acceptors (Lipinski definition) is 5. The lowest BCUT2D eigenvalue weighted by molar-refractivity contribution is -0.262. The predicted octanol–water partition coefficient (Wildman–Crippen LogP) is 2.40. The zero-order valence-corrected chi connectivity index (χ0v) is 12.8. The first kappa shape index (κ1) is 17.5. The van der Waals surface area contributed by atoms with Gasteiger partial charge >= 0.3 is 6.18 Å². The number of benzene rings is 1. The molecule has 0 aliphatic rings. The fourth-order valence-corrected chi connectivity index (χ4v) is 2.20. The molecule has 2 rings (SSSR count). The van der Waals surface area contributed by atoms with Crippen molar-refractivity contribution in [3.8, 4) is 11.3 Å². The molecule has 1 atom stereocenters. The van der Waals surface area contributed by atoms with E-state index in [1.54, 1.807) is 6.92 Å². The summed E-state index contributed by atoms with van der Waals surface area (Å²) in [6.07, 6.45) is -3.62. The molecule has 0 fully saturated rings. The van der Waals surface area contributed by atoms with Gasteiger partial charge < -0.3 is 16.6 Å². The quantitative estimate of drug-likeness (QED) is 0.792. The van der Waals surface area contributed by atoms with E-state index in [9.17, 15) is 18.3 Å². The van der Waals surface area contributed by atoms with Crippen molar-refractivity contribution >= 4 is 17.4 Å². The van der Waals surface area contributed by atoms with Crippen molar-refractivity contribution in [3.05, 3.63) is 40.7 Å². The molecule has 0 saturated carbocycles. The van der Waals surface area contributed by atoms with Crippen LogP contribution in [0.4, 0.5) is 19.0 Å². The van der Waals surface area contributed by atoms with Crippen molar-refractivity contribution in [3.63, 3.8) is 0 Å². The molecule has 124 valence electrons. The Kier molecular flexibility index (Phi) is 4.52. The van der Waals surface area contributed by atoms with Gasteiger partial charge in [0.15, 0.2) is 16.6 Å². The van der Waals surface area contributed by atoms with Crippen molar-refractivity contribution in [2.75, 3.05) is 12.3 Å². The maximum absolute atomic E-state index is 13.1. The number of aromatic nitrogens is 2. The number of nitrogens with two attached hydrogens (primary N) is 2. The number of aliphatic hydroxyl groups is 1. The Morgan fingerprint density at radius 1 is 1.30 bits per heavy atom. The Labute approximate surface area is 135 Å². The van der Waals surface area contributed by atoms with E-state index in [-0.39, 0.29) is 22.2 Å². The van der Waals surface area contributed by atoms with E-state index in [1.165, 1.54) is 24.4 Å². The van der Waals surface area contributed by atoms with Crippen LogP contribution >= 0.6 is 11.6 Å². The molecular formula is C14H14ClF3N4O. The third kappa shape index (κ3) is 3.10. The summed E-state index contributed by atoms with van der Waals surface area (Å²) >= 11 is 5.80. The zero-order valence-electron chi connectivity index (χ0n) is 12.0. The number of nitrogen functional groups attached to an aromatic ring is 1. The highest BCUT2D eigenvalue weighted by atomic mass is 35.5. The summed E-state index contributed by atoms with van der Waals surface area (Å²) < 4.78 is 39.4. The van der Waals surface area contributed by atoms with E-state index in [0.29, 0.717) is 11.1 Å². The van der Waals surface area contributed by atoms with Gasteiger partial charge in [0, 0.05) is 12.1 Å². The summed E-state index contributed by atoms with van der Waals surface area (Å²) in [5.41, 5.74) is 8.31. The Morgan fingerprint density at radius 2 is 1.96 bits per heavy atom. The molecule has 2 aromatic rings. The van der Waals surface area contributed by atoms with Gasteiger partial charge in [-0.2, -0.15) is 13.2 Å². The largest absolute Gasteiger partial charge is 0.422 e. The van der Waals surface area contributed by atoms with Crippen molar-refractivity contribution in [1.82, 2.24) is 9.97 Å². The number of nitrogens with zero attached hydrogens (tertiary/aromatic N) is 2. The number of rotatable bonds is 3. The van der Waals surface area contributed by atoms with Crippen LogP contribution in [0.1, 0.15) is 11.1 Å². The van der Waals surface area contributed by atoms with Gasteiger partial charge in [-0.05, 0) is 24.1 Å². The van der Waals surface area contributed by atoms with Gasteiger partial charge in [0.05, 0.1) is 11.9 Å². The van der Waals surface area contributed by atoms with E-state index in [2.05, 4.69) is 9.97 Å². The summed E-state index contributed by atoms with van der Waals surface area (Å²) in [4.78, 5) is 7.83. The first-order chi connectivity index (χ1) is 10.6. The molecule has 5 N–H and O–H groups in total. The van der Waals surface area contributed by atoms with Crippen LogP contribution < -0.4 is 11.5 Å². The molecular weight excluding hydrogens is 333 g/mol. The van der Waals surface area contributed by atoms with Crippen LogP contribution in [0.25, 0.3) is 11.3 Å². The molecule has 1 aromatic heterocycles. The maximum Gasteiger partial charge on any atom is 0.422 e. The normalized spacial score (nSPS) is 14.6. The second-order valence-electron chi connectivity index (χ2n) is 5.02. The molecule has 9 heteroatoms. The minimum absolute atomic E-state index is 0.0120. The first-order valence-corrected chi connectivity index (χ1v) is 6.86. The first-order valence-electron chi connectivity index (χ1n) is 6.49. The number of aryl methyl sites for hydroxylation is 1. The minimum atomic E-state index is -4.92. The summed E-state index contributed by atoms with van der Waals surface area (Å²) in [6.45, 7) is 0.674. The summed E-state index contributed by atoms with van der Waals surface area (Å²) in [6, 6.07) is 3.78. The van der Waals surface area contributed by atoms with Crippen LogP contribution in [0, 0.1) is 6.92 Å². The smallest absolute Gasteiger partial charge is 0.381 e. The van der Waals surface area contributed by atoms with Crippen molar-refractivity contribution < 1.29 is 18.3 Å². The highest BCUT2D eigenvalue weighted by Gasteiger charge is 2.54. The second-order valence-corrected chi connectivity index (χ2v) is 5.38. The highest BCUT2D eigenvalue weighted by Crippen LogP contribution is 2.39. The van der Waals surface area contributed by atoms with Crippen molar-refractivity contribution in [2.24, 2.45) is 5.73 Å². The molecule has 0 aliphatic carbocycles. The topological polar surface area (TPSA) is 98.0 Å². The predicted molar refractivity (Wildman–Crippen MR) is 80.6 cm³/mol. The average Bonchev–Trinajstić information content (AvgIpc) is 2.48. The van der Waals surface area contributed by atoms with Gasteiger partial charge in [0.25, 0.3) is 0 Å². The fraction of sp³-hybridized carbons (Fsp3) is 0.286. The molecule has 5 nitrogen and oxygen atoms in total. The van der Waals surface area contributed by atoms with E-state index < -0.39 is 18.3 Å². The van der Waals surface area contributed by atoms with E-state index in [4.69, 9.17) is 23.1 Å². The minimum Gasteiger partial charge on any atom is -0.381 e. The van der Waals surface area contributed by atoms with E-state index in [1.807, 2.05) is 0 Å². The molecule has 23 heavy (non-hydrogen) atoms. The van der Waals surface area contributed by atoms with Crippen molar-refractivity contribution in [1.29, 1.82) is 0 Å². The Bertz CT molecular complexity index is 738. The third-order valence-electron chi connectivity index (χ3n) is 3.51. The Balaban J connectivity index is 2.62. The molecule has 0 aliphatic heterocycles. The van der Waals surface area contributed by atoms with Crippen LogP contribution in [0.5, 0.6) is 0 Å². The molecule has 1 aromatic carbocycles. The van der Waals surface area contributed by atoms with Gasteiger partial charge in [-0.3, -0.25) is 0 Å². The maximum atomic E-state index is 13.1. The number of hydrogen-bond donors (Lipinski definition) is 3. The third-order valence-corrected chi connectivity index (χ3v) is 3.79. The van der Waals surface area contributed by atoms with Crippen molar-refractivity contribution in [2.45, 2.75) is 18.7 Å². The van der Waals surface area contributed by atoms with Gasteiger partial charge in [-0.15, -0.1) is 0 Å². The fourth-order valence-electron chi connectivity index (χ4n) is 2.06. The zero-order chi connectivity index (χ0) is 17.4. The molecule has 0 spiro atoms. The van der Waals surface area contributed by atoms with Crippen LogP contribution in [0.2, 0.25) is 5.15 Å². The molecule has 1 heterocycles. The molecule has 1 unspecified atom stereocenters. The van der Waals surface area contributed by atoms with E-state index in [0.717, 1.165) is 0 Å². The lowest BCUT2D eigenvalue weighted by atomic mass is 9.90. The van der Waals surface area contributed by atoms with Crippen LogP contribution in [-0.2, 0) is 5.60 Å². The SMILES string of the molecule is Cc1ccc(C(O)(CN)C(F)(F)F)cc1-c1cnc(N)c(Cl)n1. The Morgan fingerprint density at radius 3 is 2.48 bits per heavy atom. The molecule has 0 saturated heterocycles. The van der Waals surface area contributed by atoms with Gasteiger partial charge in [0.2, 0.25) is 0 Å². The van der Waals surface area contributed by atoms with Gasteiger partial charge in [-0.1, -0.05) is 23.7 Å². The number of alkyl halides is 3. The van der Waals surface area contributed by atoms with Gasteiger partial charge in [0.1, 0.15) is 0 Å². The molecule has 0 radical (unpaired) electrons. The summed E-state index contributed by atoms with van der Waals surface area (Å²) in [5, 5.41) is 9.90. The lowest BCUT2D eigenvalue weighted by Crippen LogP contribution is -2.48. The standard InChI is InChI=1S/C14H14ClF3N4O/c1-7-2-3-8(13(23,6-19)14(16,17)18)4-9(7)10-5-21-12(20)11(15)22-10/h2-5,23H,6,19H2,1H3,(H2,20,21). The Hall–Kier alpha value is -1.90. The second kappa shape index (κ2) is 5.95. The van der Waals surface area contributed by atoms with Gasteiger partial charge in [-0.25, -0.2) is 9.97 Å². The lowest BCUT2D eigenvalue weighted by Gasteiger charge is -2.30. The summed E-state index contributed by atoms with van der Waals surface area (Å²) in [5.74, 6) is 0.0120. The summed E-state index contributed by atoms with van der Waals surface area (Å²) in [7, 11) is 0. The molecule has 0 bridgehead atoms. The molecule has 0 amide bonds.